The Morgan fingerprint density at radius 2 is 1.77 bits per heavy atom. The van der Waals surface area contributed by atoms with E-state index in [1.54, 1.807) is 22.9 Å². The van der Waals surface area contributed by atoms with Crippen molar-refractivity contribution in [2.75, 3.05) is 13.1 Å². The van der Waals surface area contributed by atoms with E-state index in [1.165, 1.54) is 0 Å². The monoisotopic (exact) mass is 443 g/mol. The van der Waals surface area contributed by atoms with E-state index in [9.17, 15) is 4.79 Å². The summed E-state index contributed by atoms with van der Waals surface area (Å²) >= 11 is 6.45. The molecular formula is C21H25N5O2S2. The van der Waals surface area contributed by atoms with Gasteiger partial charge in [-0.3, -0.25) is 0 Å². The molecule has 2 aromatic heterocycles. The van der Waals surface area contributed by atoms with Crippen LogP contribution in [-0.2, 0) is 14.1 Å². The highest BCUT2D eigenvalue weighted by atomic mass is 32.2. The Morgan fingerprint density at radius 1 is 1.10 bits per heavy atom. The van der Waals surface area contributed by atoms with Gasteiger partial charge in [0.15, 0.2) is 5.16 Å². The number of thioether (sulfide) groups is 1. The minimum absolute atomic E-state index is 0.134. The second-order valence-electron chi connectivity index (χ2n) is 7.36. The highest BCUT2D eigenvalue weighted by molar-refractivity contribution is 7.99. The first kappa shape index (κ1) is 20.9. The molecule has 1 unspecified atom stereocenters. The summed E-state index contributed by atoms with van der Waals surface area (Å²) in [6.45, 7) is 1.38. The van der Waals surface area contributed by atoms with E-state index >= 15 is 0 Å². The Hall–Kier alpha value is -2.39. The summed E-state index contributed by atoms with van der Waals surface area (Å²) in [4.78, 5) is 23.0. The van der Waals surface area contributed by atoms with Gasteiger partial charge in [-0.25, -0.2) is 14.8 Å². The molecule has 1 saturated heterocycles. The predicted molar refractivity (Wildman–Crippen MR) is 120 cm³/mol. The number of hydrogen-bond donors (Lipinski definition) is 1. The molecule has 0 bridgehead atoms. The average Bonchev–Trinajstić information content (AvgIpc) is 3.36. The van der Waals surface area contributed by atoms with Gasteiger partial charge < -0.3 is 18.8 Å². The summed E-state index contributed by atoms with van der Waals surface area (Å²) in [5.41, 5.74) is 1.000. The zero-order chi connectivity index (χ0) is 21.1. The van der Waals surface area contributed by atoms with Crippen molar-refractivity contribution in [3.63, 3.8) is 0 Å². The fourth-order valence-corrected chi connectivity index (χ4v) is 4.96. The number of carbonyl (C=O) groups is 1. The van der Waals surface area contributed by atoms with E-state index < -0.39 is 0 Å². The molecule has 1 aliphatic heterocycles. The molecule has 1 amide bonds. The fraction of sp³-hybridized carbons (Fsp3) is 0.381. The molecule has 1 fully saturated rings. The maximum Gasteiger partial charge on any atom is 0.415 e. The number of ether oxygens (including phenoxy) is 1. The Bertz CT molecular complexity index is 993. The molecule has 1 aromatic carbocycles. The third-order valence-electron chi connectivity index (χ3n) is 5.25. The lowest BCUT2D eigenvalue weighted by Gasteiger charge is -2.30. The molecule has 3 aromatic rings. The van der Waals surface area contributed by atoms with E-state index in [-0.39, 0.29) is 11.3 Å². The van der Waals surface area contributed by atoms with Gasteiger partial charge in [-0.1, -0.05) is 23.9 Å². The molecule has 0 saturated carbocycles. The number of benzene rings is 1. The molecular weight excluding hydrogens is 418 g/mol. The molecule has 0 aliphatic carbocycles. The van der Waals surface area contributed by atoms with Gasteiger partial charge in [0.2, 0.25) is 0 Å². The summed E-state index contributed by atoms with van der Waals surface area (Å²) in [5.74, 6) is 1.41. The van der Waals surface area contributed by atoms with E-state index in [0.29, 0.717) is 24.1 Å². The van der Waals surface area contributed by atoms with Crippen molar-refractivity contribution in [2.24, 2.45) is 14.1 Å². The van der Waals surface area contributed by atoms with Gasteiger partial charge >= 0.3 is 6.09 Å². The lowest BCUT2D eigenvalue weighted by atomic mass is 10.1. The quantitative estimate of drug-likeness (QED) is 0.606. The lowest BCUT2D eigenvalue weighted by molar-refractivity contribution is 0.143. The zero-order valence-electron chi connectivity index (χ0n) is 17.0. The highest BCUT2D eigenvalue weighted by Gasteiger charge is 2.25. The normalized spacial score (nSPS) is 15.9. The second-order valence-corrected chi connectivity index (χ2v) is 9.14. The van der Waals surface area contributed by atoms with Gasteiger partial charge in [-0.05, 0) is 30.5 Å². The first-order chi connectivity index (χ1) is 14.5. The molecule has 30 heavy (non-hydrogen) atoms. The van der Waals surface area contributed by atoms with Gasteiger partial charge in [-0.2, -0.15) is 12.6 Å². The first-order valence-electron chi connectivity index (χ1n) is 9.87. The summed E-state index contributed by atoms with van der Waals surface area (Å²) < 4.78 is 9.55. The van der Waals surface area contributed by atoms with Crippen LogP contribution >= 0.6 is 24.4 Å². The van der Waals surface area contributed by atoms with Crippen LogP contribution in [0.2, 0.25) is 0 Å². The number of carbonyl (C=O) groups excluding carboxylic acids is 1. The number of thiol groups is 1. The van der Waals surface area contributed by atoms with Crippen molar-refractivity contribution in [1.29, 1.82) is 0 Å². The van der Waals surface area contributed by atoms with Gasteiger partial charge in [0.25, 0.3) is 0 Å². The van der Waals surface area contributed by atoms with Crippen molar-refractivity contribution in [3.05, 3.63) is 60.4 Å². The van der Waals surface area contributed by atoms with Gasteiger partial charge in [0.05, 0.1) is 5.25 Å². The highest BCUT2D eigenvalue weighted by Crippen LogP contribution is 2.30. The minimum Gasteiger partial charge on any atom is -0.410 e. The van der Waals surface area contributed by atoms with Crippen LogP contribution in [0.3, 0.4) is 0 Å². The summed E-state index contributed by atoms with van der Waals surface area (Å²) in [6, 6.07) is 7.46. The average molecular weight is 444 g/mol. The predicted octanol–water partition coefficient (Wildman–Crippen LogP) is 3.93. The van der Waals surface area contributed by atoms with Crippen molar-refractivity contribution in [1.82, 2.24) is 24.0 Å². The molecule has 0 N–H and O–H groups in total. The molecule has 1 atom stereocenters. The number of nitrogens with zero attached hydrogens (tertiary/aromatic N) is 5. The van der Waals surface area contributed by atoms with Crippen molar-refractivity contribution >= 4 is 30.5 Å². The molecule has 0 radical (unpaired) electrons. The Kier molecular flexibility index (Phi) is 6.38. The van der Waals surface area contributed by atoms with Crippen LogP contribution in [0.1, 0.15) is 29.5 Å². The topological polar surface area (TPSA) is 65.2 Å². The summed E-state index contributed by atoms with van der Waals surface area (Å²) in [7, 11) is 3.94. The minimum atomic E-state index is -0.297. The third-order valence-corrected chi connectivity index (χ3v) is 7.19. The van der Waals surface area contributed by atoms with Crippen LogP contribution in [0.25, 0.3) is 0 Å². The van der Waals surface area contributed by atoms with E-state index in [2.05, 4.69) is 22.6 Å². The molecule has 1 aliphatic rings. The standard InChI is InChI=1S/C21H25N5O2S2/c1-24-13-9-22-19(24)18(29)15-3-5-16(6-4-15)28-21(27)26-11-7-17(8-12-26)30-20-23-10-14-25(20)2/h3-6,9-10,13-14,17-18,29H,7-8,11-12H2,1-2H3. The van der Waals surface area contributed by atoms with Crippen molar-refractivity contribution in [3.8, 4) is 5.75 Å². The number of rotatable bonds is 5. The Labute approximate surface area is 185 Å². The number of imidazole rings is 2. The summed E-state index contributed by atoms with van der Waals surface area (Å²) in [6.07, 6.45) is 8.97. The van der Waals surface area contributed by atoms with Crippen molar-refractivity contribution < 1.29 is 9.53 Å². The molecule has 7 nitrogen and oxygen atoms in total. The van der Waals surface area contributed by atoms with Crippen LogP contribution < -0.4 is 4.74 Å². The zero-order valence-corrected chi connectivity index (χ0v) is 18.7. The maximum atomic E-state index is 12.5. The number of likely N-dealkylation sites (tertiary alicyclic amines) is 1. The maximum absolute atomic E-state index is 12.5. The van der Waals surface area contributed by atoms with Gasteiger partial charge in [0.1, 0.15) is 11.6 Å². The molecule has 0 spiro atoms. The lowest BCUT2D eigenvalue weighted by Crippen LogP contribution is -2.40. The van der Waals surface area contributed by atoms with Crippen LogP contribution in [0.5, 0.6) is 5.75 Å². The van der Waals surface area contributed by atoms with E-state index in [1.807, 2.05) is 66.1 Å². The summed E-state index contributed by atoms with van der Waals surface area (Å²) in [5, 5.41) is 1.35. The third kappa shape index (κ3) is 4.67. The number of aromatic nitrogens is 4. The van der Waals surface area contributed by atoms with E-state index in [0.717, 1.165) is 29.4 Å². The SMILES string of the molecule is Cn1ccnc1SC1CCN(C(=O)Oc2ccc(C(S)c3nccn3C)cc2)CC1. The van der Waals surface area contributed by atoms with E-state index in [4.69, 9.17) is 4.74 Å². The fourth-order valence-electron chi connectivity index (χ4n) is 3.44. The number of aryl methyl sites for hydroxylation is 2. The van der Waals surface area contributed by atoms with Crippen LogP contribution in [0.15, 0.2) is 54.2 Å². The first-order valence-corrected chi connectivity index (χ1v) is 11.3. The molecule has 158 valence electrons. The van der Waals surface area contributed by atoms with Gasteiger partial charge in [0, 0.05) is 57.2 Å². The van der Waals surface area contributed by atoms with Gasteiger partial charge in [-0.15, -0.1) is 0 Å². The van der Waals surface area contributed by atoms with Crippen molar-refractivity contribution in [2.45, 2.75) is 28.5 Å². The number of hydrogen-bond acceptors (Lipinski definition) is 6. The largest absolute Gasteiger partial charge is 0.415 e. The van der Waals surface area contributed by atoms with Crippen LogP contribution in [-0.4, -0.2) is 48.4 Å². The number of amides is 1. The molecule has 4 rings (SSSR count). The molecule has 3 heterocycles. The van der Waals surface area contributed by atoms with Crippen LogP contribution in [0, 0.1) is 0 Å². The second kappa shape index (κ2) is 9.18. The Morgan fingerprint density at radius 3 is 2.37 bits per heavy atom. The number of piperidine rings is 1. The smallest absolute Gasteiger partial charge is 0.410 e. The Balaban J connectivity index is 1.29. The molecule has 9 heteroatoms. The van der Waals surface area contributed by atoms with Crippen LogP contribution in [0.4, 0.5) is 4.79 Å².